The highest BCUT2D eigenvalue weighted by atomic mass is 32.4. The summed E-state index contributed by atoms with van der Waals surface area (Å²) < 4.78 is 32.6. The number of amides is 1. The van der Waals surface area contributed by atoms with Crippen LogP contribution in [-0.4, -0.2) is 45.3 Å². The van der Waals surface area contributed by atoms with Gasteiger partial charge in [-0.05, 0) is 36.4 Å². The molecule has 0 unspecified atom stereocenters. The number of H-pyrrole nitrogens is 1. The Kier molecular flexibility index (Phi) is 8.13. The molecule has 12 heteroatoms. The van der Waals surface area contributed by atoms with Crippen LogP contribution in [-0.2, 0) is 0 Å². The molecule has 0 aliphatic rings. The van der Waals surface area contributed by atoms with Crippen molar-refractivity contribution in [3.63, 3.8) is 0 Å². The second-order valence-corrected chi connectivity index (χ2v) is 12.8. The summed E-state index contributed by atoms with van der Waals surface area (Å²) in [5.41, 5.74) is 1.78. The lowest BCUT2D eigenvalue weighted by molar-refractivity contribution is -0.0494. The Hall–Kier alpha value is -3.25. The van der Waals surface area contributed by atoms with Gasteiger partial charge in [-0.3, -0.25) is 9.89 Å². The summed E-state index contributed by atoms with van der Waals surface area (Å²) in [5, 5.41) is 13.8. The van der Waals surface area contributed by atoms with Crippen molar-refractivity contribution in [3.8, 4) is 17.0 Å². The van der Waals surface area contributed by atoms with Gasteiger partial charge in [0.1, 0.15) is 19.3 Å². The van der Waals surface area contributed by atoms with E-state index in [1.807, 2.05) is 17.3 Å². The van der Waals surface area contributed by atoms with Gasteiger partial charge in [0.15, 0.2) is 5.65 Å². The first-order valence-corrected chi connectivity index (χ1v) is 14.7. The summed E-state index contributed by atoms with van der Waals surface area (Å²) in [7, 11) is -0.681. The van der Waals surface area contributed by atoms with E-state index in [9.17, 15) is 13.6 Å². The maximum Gasteiger partial charge on any atom is 0.387 e. The minimum Gasteiger partial charge on any atom is -0.434 e. The molecule has 8 nitrogen and oxygen atoms in total. The van der Waals surface area contributed by atoms with Crippen LogP contribution in [0.3, 0.4) is 0 Å². The van der Waals surface area contributed by atoms with Gasteiger partial charge in [0.05, 0.1) is 23.8 Å². The molecular formula is C23H25F2N6O2SSi. The van der Waals surface area contributed by atoms with Crippen molar-refractivity contribution in [2.24, 2.45) is 0 Å². The number of carbonyl (C=O) groups is 1. The number of alkyl halides is 2. The first-order valence-electron chi connectivity index (χ1n) is 11.2. The van der Waals surface area contributed by atoms with Gasteiger partial charge in [-0.2, -0.15) is 30.2 Å². The van der Waals surface area contributed by atoms with E-state index in [1.165, 1.54) is 16.9 Å². The van der Waals surface area contributed by atoms with Crippen molar-refractivity contribution in [1.29, 1.82) is 0 Å². The Morgan fingerprint density at radius 3 is 2.80 bits per heavy atom. The molecule has 0 saturated carbocycles. The highest BCUT2D eigenvalue weighted by molar-refractivity contribution is 8.25. The highest BCUT2D eigenvalue weighted by Crippen LogP contribution is 2.39. The smallest absolute Gasteiger partial charge is 0.387 e. The third-order valence-electron chi connectivity index (χ3n) is 5.17. The Morgan fingerprint density at radius 1 is 1.26 bits per heavy atom. The molecule has 0 aliphatic heterocycles. The van der Waals surface area contributed by atoms with Gasteiger partial charge in [0.2, 0.25) is 0 Å². The molecule has 4 aromatic rings. The number of hydrogen-bond donors (Lipinski definition) is 2. The van der Waals surface area contributed by atoms with Crippen LogP contribution in [0, 0.1) is 0 Å². The van der Waals surface area contributed by atoms with Crippen molar-refractivity contribution < 1.29 is 18.3 Å². The molecule has 0 bridgehead atoms. The number of anilines is 1. The lowest BCUT2D eigenvalue weighted by Crippen LogP contribution is -2.12. The van der Waals surface area contributed by atoms with Crippen LogP contribution in [0.25, 0.3) is 16.9 Å². The van der Waals surface area contributed by atoms with E-state index in [4.69, 9.17) is 4.74 Å². The minimum absolute atomic E-state index is 0.00139. The topological polar surface area (TPSA) is 97.2 Å². The summed E-state index contributed by atoms with van der Waals surface area (Å²) in [6.45, 7) is 1.36. The fourth-order valence-corrected chi connectivity index (χ4v) is 9.12. The number of aromatic nitrogens is 5. The van der Waals surface area contributed by atoms with Crippen molar-refractivity contribution in [1.82, 2.24) is 24.8 Å². The molecule has 0 saturated heterocycles. The van der Waals surface area contributed by atoms with Gasteiger partial charge in [-0.25, -0.2) is 9.50 Å². The zero-order valence-electron chi connectivity index (χ0n) is 19.3. The predicted octanol–water partition coefficient (Wildman–Crippen LogP) is 5.88. The Balaban J connectivity index is 1.66. The summed E-state index contributed by atoms with van der Waals surface area (Å²) in [6, 6.07) is 9.20. The van der Waals surface area contributed by atoms with Crippen LogP contribution in [0.1, 0.15) is 37.0 Å². The number of halogens is 2. The molecule has 4 rings (SSSR count). The number of fused-ring (bicyclic) bond motifs is 1. The molecule has 3 heterocycles. The molecule has 3 aromatic heterocycles. The number of nitrogens with zero attached hydrogens (tertiary/aromatic N) is 4. The zero-order chi connectivity index (χ0) is 24.8. The normalized spacial score (nSPS) is 11.5. The molecule has 1 amide bonds. The van der Waals surface area contributed by atoms with E-state index in [0.29, 0.717) is 22.6 Å². The molecule has 0 aliphatic carbocycles. The van der Waals surface area contributed by atoms with Crippen LogP contribution in [0.5, 0.6) is 5.75 Å². The van der Waals surface area contributed by atoms with Gasteiger partial charge < -0.3 is 10.1 Å². The van der Waals surface area contributed by atoms with E-state index in [1.54, 1.807) is 30.6 Å². The number of benzene rings is 1. The quantitative estimate of drug-likeness (QED) is 0.242. The van der Waals surface area contributed by atoms with E-state index in [0.717, 1.165) is 29.8 Å². The molecule has 0 atom stereocenters. The van der Waals surface area contributed by atoms with Crippen LogP contribution >= 0.6 is 11.2 Å². The zero-order valence-corrected chi connectivity index (χ0v) is 21.1. The van der Waals surface area contributed by atoms with Gasteiger partial charge in [0.25, 0.3) is 5.91 Å². The Bertz CT molecular complexity index is 1290. The average molecular weight is 516 g/mol. The standard InChI is InChI=1S/C23H25F2N6O2SSi/c1-3-10-35(11-4-2)34-15-6-7-19(33-23(24)25)16(12-15)20-18(14-27-30-20)29-22(32)17-13-28-31-9-5-8-26-21(17)31/h5-9,12-14,23H,3-4,10-11H2,1-2H3,(H,27,30)(H,29,32). The number of aromatic amines is 1. The molecule has 35 heavy (non-hydrogen) atoms. The largest absolute Gasteiger partial charge is 0.434 e. The lowest BCUT2D eigenvalue weighted by atomic mass is 10.1. The van der Waals surface area contributed by atoms with Crippen molar-refractivity contribution in [2.75, 3.05) is 5.32 Å². The number of ether oxygens (including phenoxy) is 1. The van der Waals surface area contributed by atoms with Crippen molar-refractivity contribution in [2.45, 2.75) is 50.3 Å². The van der Waals surface area contributed by atoms with E-state index in [-0.39, 0.29) is 11.3 Å². The third-order valence-corrected chi connectivity index (χ3v) is 10.9. The molecule has 183 valence electrons. The van der Waals surface area contributed by atoms with Crippen molar-refractivity contribution in [3.05, 3.63) is 54.6 Å². The molecular weight excluding hydrogens is 490 g/mol. The SMILES string of the molecule is CCC[Si](CCC)Sc1ccc(OC(F)F)c(-c2[nH]ncc2NC(=O)c2cnn3cccnc23)c1. The summed E-state index contributed by atoms with van der Waals surface area (Å²) in [4.78, 5) is 18.2. The van der Waals surface area contributed by atoms with E-state index in [2.05, 4.69) is 39.4 Å². The summed E-state index contributed by atoms with van der Waals surface area (Å²) in [5.74, 6) is -0.443. The monoisotopic (exact) mass is 515 g/mol. The number of nitrogens with one attached hydrogen (secondary N) is 2. The fraction of sp³-hybridized carbons (Fsp3) is 0.304. The van der Waals surface area contributed by atoms with Crippen LogP contribution in [0.15, 0.2) is 53.9 Å². The van der Waals surface area contributed by atoms with E-state index >= 15 is 0 Å². The number of hydrogen-bond acceptors (Lipinski definition) is 6. The third kappa shape index (κ3) is 5.88. The molecule has 0 fully saturated rings. The summed E-state index contributed by atoms with van der Waals surface area (Å²) >= 11 is 1.81. The maximum absolute atomic E-state index is 13.2. The summed E-state index contributed by atoms with van der Waals surface area (Å²) in [6.07, 6.45) is 8.33. The maximum atomic E-state index is 13.2. The minimum atomic E-state index is -2.99. The first kappa shape index (κ1) is 24.9. The van der Waals surface area contributed by atoms with Crippen LogP contribution in [0.2, 0.25) is 12.1 Å². The lowest BCUT2D eigenvalue weighted by Gasteiger charge is -2.16. The molecule has 1 radical (unpaired) electrons. The van der Waals surface area contributed by atoms with Crippen LogP contribution in [0.4, 0.5) is 14.5 Å². The molecule has 0 spiro atoms. The Labute approximate surface area is 206 Å². The van der Waals surface area contributed by atoms with Gasteiger partial charge in [-0.1, -0.05) is 26.7 Å². The number of rotatable bonds is 11. The van der Waals surface area contributed by atoms with Gasteiger partial charge in [-0.15, -0.1) is 0 Å². The van der Waals surface area contributed by atoms with Gasteiger partial charge >= 0.3 is 6.61 Å². The second-order valence-electron chi connectivity index (χ2n) is 7.74. The average Bonchev–Trinajstić information content (AvgIpc) is 3.47. The second kappa shape index (κ2) is 11.4. The predicted molar refractivity (Wildman–Crippen MR) is 133 cm³/mol. The van der Waals surface area contributed by atoms with Crippen LogP contribution < -0.4 is 10.1 Å². The first-order chi connectivity index (χ1) is 17.0. The fourth-order valence-electron chi connectivity index (χ4n) is 3.68. The highest BCUT2D eigenvalue weighted by Gasteiger charge is 2.21. The molecule has 2 N–H and O–H groups in total. The van der Waals surface area contributed by atoms with Gasteiger partial charge in [0, 0.05) is 22.9 Å². The Morgan fingerprint density at radius 2 is 2.06 bits per heavy atom. The van der Waals surface area contributed by atoms with Crippen molar-refractivity contribution >= 4 is 36.4 Å². The number of carbonyl (C=O) groups excluding carboxylic acids is 1. The van der Waals surface area contributed by atoms with E-state index < -0.39 is 20.5 Å². The molecule has 1 aromatic carbocycles.